The highest BCUT2D eigenvalue weighted by Gasteiger charge is 2.41. The maximum absolute atomic E-state index is 14.1. The average molecular weight is 668 g/mol. The van der Waals surface area contributed by atoms with E-state index in [1.807, 2.05) is 70.5 Å². The van der Waals surface area contributed by atoms with Crippen molar-refractivity contribution < 1.29 is 17.9 Å². The molecule has 1 N–H and O–H groups in total. The van der Waals surface area contributed by atoms with Gasteiger partial charge < -0.3 is 10.1 Å². The average Bonchev–Trinajstić information content (AvgIpc) is 3.46. The van der Waals surface area contributed by atoms with Gasteiger partial charge in [0, 0.05) is 19.0 Å². The van der Waals surface area contributed by atoms with Gasteiger partial charge in [-0.1, -0.05) is 62.4 Å². The normalized spacial score (nSPS) is 16.9. The van der Waals surface area contributed by atoms with Gasteiger partial charge in [0.15, 0.2) is 0 Å². The number of carbonyl (C=O) groups is 1. The minimum atomic E-state index is -3.86. The lowest BCUT2D eigenvalue weighted by molar-refractivity contribution is -0.124. The Kier molecular flexibility index (Phi) is 9.06. The zero-order valence-corrected chi connectivity index (χ0v) is 29.0. The molecule has 250 valence electrons. The first kappa shape index (κ1) is 33.2. The van der Waals surface area contributed by atoms with Crippen LogP contribution in [-0.4, -0.2) is 56.2 Å². The van der Waals surface area contributed by atoms with E-state index < -0.39 is 21.4 Å². The van der Waals surface area contributed by atoms with E-state index in [-0.39, 0.29) is 30.0 Å². The van der Waals surface area contributed by atoms with Crippen molar-refractivity contribution in [1.29, 1.82) is 0 Å². The van der Waals surface area contributed by atoms with E-state index in [0.717, 1.165) is 38.9 Å². The predicted octanol–water partition coefficient (Wildman–Crippen LogP) is 6.02. The summed E-state index contributed by atoms with van der Waals surface area (Å²) in [6, 6.07) is 16.9. The van der Waals surface area contributed by atoms with E-state index in [4.69, 9.17) is 4.74 Å². The van der Waals surface area contributed by atoms with Gasteiger partial charge in [0.25, 0.3) is 0 Å². The summed E-state index contributed by atoms with van der Waals surface area (Å²) in [6.45, 7) is 12.9. The van der Waals surface area contributed by atoms with Gasteiger partial charge in [-0.2, -0.15) is 4.31 Å². The van der Waals surface area contributed by atoms with E-state index in [1.54, 1.807) is 36.7 Å². The van der Waals surface area contributed by atoms with Crippen LogP contribution in [0.5, 0.6) is 5.75 Å². The topological polar surface area (TPSA) is 132 Å². The largest absolute Gasteiger partial charge is 0.488 e. The summed E-state index contributed by atoms with van der Waals surface area (Å²) in [5.74, 6) is -0.276. The number of aryl methyl sites for hydroxylation is 3. The summed E-state index contributed by atoms with van der Waals surface area (Å²) < 4.78 is 37.6. The third kappa shape index (κ3) is 6.06. The van der Waals surface area contributed by atoms with Crippen molar-refractivity contribution in [1.82, 2.24) is 29.3 Å². The second kappa shape index (κ2) is 13.1. The van der Waals surface area contributed by atoms with Gasteiger partial charge in [0.05, 0.1) is 35.6 Å². The molecule has 0 bridgehead atoms. The number of rotatable bonds is 9. The van der Waals surface area contributed by atoms with Crippen LogP contribution in [0.4, 0.5) is 5.69 Å². The van der Waals surface area contributed by atoms with Crippen molar-refractivity contribution in [2.45, 2.75) is 78.0 Å². The van der Waals surface area contributed by atoms with E-state index in [1.165, 1.54) is 10.6 Å². The third-order valence-electron chi connectivity index (χ3n) is 9.39. The molecule has 1 amide bonds. The zero-order chi connectivity index (χ0) is 34.2. The van der Waals surface area contributed by atoms with Crippen molar-refractivity contribution in [3.8, 4) is 5.75 Å². The van der Waals surface area contributed by atoms with Gasteiger partial charge in [-0.05, 0) is 73.2 Å². The lowest BCUT2D eigenvalue weighted by atomic mass is 9.69. The maximum Gasteiger partial charge on any atom is 0.247 e. The molecular formula is C36H41N7O4S. The lowest BCUT2D eigenvalue weighted by Gasteiger charge is -2.35. The molecular weight excluding hydrogens is 627 g/mol. The Morgan fingerprint density at radius 1 is 1.06 bits per heavy atom. The first-order valence-corrected chi connectivity index (χ1v) is 17.6. The molecule has 11 nitrogen and oxygen atoms in total. The number of fused-ring (bicyclic) bond motifs is 2. The molecule has 0 spiro atoms. The summed E-state index contributed by atoms with van der Waals surface area (Å²) in [4.78, 5) is 22.4. The van der Waals surface area contributed by atoms with Gasteiger partial charge in [-0.15, -0.1) is 5.10 Å². The number of hydrogen-bond donors (Lipinski definition) is 1. The molecule has 6 rings (SSSR count). The Morgan fingerprint density at radius 2 is 1.81 bits per heavy atom. The van der Waals surface area contributed by atoms with Gasteiger partial charge in [-0.3, -0.25) is 4.79 Å². The number of para-hydroxylation sites is 1. The highest BCUT2D eigenvalue weighted by molar-refractivity contribution is 7.89. The van der Waals surface area contributed by atoms with E-state index in [0.29, 0.717) is 24.4 Å². The second-order valence-corrected chi connectivity index (χ2v) is 14.8. The Bertz CT molecular complexity index is 2080. The van der Waals surface area contributed by atoms with Crippen LogP contribution >= 0.6 is 0 Å². The molecule has 1 aliphatic heterocycles. The number of hydrogen-bond acceptors (Lipinski definition) is 8. The fourth-order valence-electron chi connectivity index (χ4n) is 6.54. The molecule has 1 aliphatic rings. The summed E-state index contributed by atoms with van der Waals surface area (Å²) in [5.41, 5.74) is 5.73. The number of sulfonamides is 1. The molecule has 12 heteroatoms. The van der Waals surface area contributed by atoms with Crippen LogP contribution in [0.2, 0.25) is 0 Å². The minimum absolute atomic E-state index is 0.153. The van der Waals surface area contributed by atoms with Crippen LogP contribution in [-0.2, 0) is 27.9 Å². The first-order chi connectivity index (χ1) is 22.9. The smallest absolute Gasteiger partial charge is 0.247 e. The number of aromatic nitrogens is 5. The van der Waals surface area contributed by atoms with Crippen molar-refractivity contribution in [2.24, 2.45) is 5.41 Å². The van der Waals surface area contributed by atoms with Crippen LogP contribution in [0.1, 0.15) is 67.9 Å². The van der Waals surface area contributed by atoms with Crippen molar-refractivity contribution >= 4 is 32.7 Å². The molecule has 0 saturated carbocycles. The molecule has 0 fully saturated rings. The van der Waals surface area contributed by atoms with Crippen molar-refractivity contribution in [3.63, 3.8) is 0 Å². The van der Waals surface area contributed by atoms with Crippen LogP contribution in [0.15, 0.2) is 78.2 Å². The van der Waals surface area contributed by atoms with Gasteiger partial charge in [-0.25, -0.2) is 23.1 Å². The number of ether oxygens (including phenoxy) is 1. The fraction of sp³-hybridized carbons (Fsp3) is 0.361. The highest BCUT2D eigenvalue weighted by atomic mass is 32.2. The Morgan fingerprint density at radius 3 is 2.54 bits per heavy atom. The Labute approximate surface area is 281 Å². The summed E-state index contributed by atoms with van der Waals surface area (Å²) in [7, 11) is -3.86. The first-order valence-electron chi connectivity index (χ1n) is 16.2. The fourth-order valence-corrected chi connectivity index (χ4v) is 8.11. The number of anilines is 1. The SMILES string of the molecule is CC[C@@H]1CN(Cc2cc([C@@H](c3ccc4c(nnn4CC)c3C)C(C)(C)C(=O)Nc3cncnc3)ccc2C)S(=O)(=O)c2ccccc2O1. The Hall–Kier alpha value is -4.68. The van der Waals surface area contributed by atoms with E-state index >= 15 is 0 Å². The molecule has 0 aliphatic carbocycles. The van der Waals surface area contributed by atoms with Crippen LogP contribution in [0.3, 0.4) is 0 Å². The molecule has 0 saturated heterocycles. The zero-order valence-electron chi connectivity index (χ0n) is 28.1. The molecule has 0 unspecified atom stereocenters. The molecule has 2 atom stereocenters. The quantitative estimate of drug-likeness (QED) is 0.202. The van der Waals surface area contributed by atoms with E-state index in [2.05, 4.69) is 31.7 Å². The number of nitrogens with zero attached hydrogens (tertiary/aromatic N) is 6. The van der Waals surface area contributed by atoms with Gasteiger partial charge >= 0.3 is 0 Å². The molecule has 3 aromatic carbocycles. The molecule has 48 heavy (non-hydrogen) atoms. The number of benzene rings is 3. The van der Waals surface area contributed by atoms with Crippen LogP contribution in [0, 0.1) is 19.3 Å². The van der Waals surface area contributed by atoms with Crippen molar-refractivity contribution in [3.05, 3.63) is 101 Å². The van der Waals surface area contributed by atoms with Gasteiger partial charge in [0.2, 0.25) is 15.9 Å². The summed E-state index contributed by atoms with van der Waals surface area (Å²) >= 11 is 0. The van der Waals surface area contributed by atoms with Crippen molar-refractivity contribution in [2.75, 3.05) is 11.9 Å². The van der Waals surface area contributed by atoms with Crippen LogP contribution in [0.25, 0.3) is 11.0 Å². The molecule has 5 aromatic rings. The second-order valence-electron chi connectivity index (χ2n) is 12.9. The highest BCUT2D eigenvalue weighted by Crippen LogP contribution is 2.45. The number of amides is 1. The summed E-state index contributed by atoms with van der Waals surface area (Å²) in [5, 5.41) is 11.8. The minimum Gasteiger partial charge on any atom is -0.488 e. The third-order valence-corrected chi connectivity index (χ3v) is 11.2. The number of nitrogens with one attached hydrogen (secondary N) is 1. The van der Waals surface area contributed by atoms with E-state index in [9.17, 15) is 13.2 Å². The van der Waals surface area contributed by atoms with Crippen LogP contribution < -0.4 is 10.1 Å². The standard InChI is InChI=1S/C36H41N7O4S/c1-7-28-21-42(48(45,46)32-12-10-9-11-31(32)47-28)20-26-17-25(14-13-23(26)3)33(36(5,6)35(44)39-27-18-37-22-38-19-27)29-15-16-30-34(24(29)4)40-41-43(30)8-2/h9-19,22,28,33H,7-8,20-21H2,1-6H3,(H,39,44)/t28-,33+/m1/s1. The monoisotopic (exact) mass is 667 g/mol. The molecule has 3 heterocycles. The Balaban J connectivity index is 1.46. The number of carbonyl (C=O) groups excluding carboxylic acids is 1. The summed E-state index contributed by atoms with van der Waals surface area (Å²) in [6.07, 6.45) is 4.90. The lowest BCUT2D eigenvalue weighted by Crippen LogP contribution is -2.38. The molecule has 0 radical (unpaired) electrons. The predicted molar refractivity (Wildman–Crippen MR) is 184 cm³/mol. The van der Waals surface area contributed by atoms with Gasteiger partial charge in [0.1, 0.15) is 28.6 Å². The molecule has 2 aromatic heterocycles. The maximum atomic E-state index is 14.1.